The normalized spacial score (nSPS) is 16.9. The molecule has 3 rings (SSSR count). The first kappa shape index (κ1) is 15.0. The monoisotopic (exact) mass is 317 g/mol. The Balaban J connectivity index is 1.69. The van der Waals surface area contributed by atoms with E-state index in [4.69, 9.17) is 11.6 Å². The van der Waals surface area contributed by atoms with E-state index in [2.05, 4.69) is 23.5 Å². The molecular formula is C18H17ClFNO. The number of fused-ring (bicyclic) bond motifs is 1. The number of hydrogen-bond acceptors (Lipinski definition) is 1. The molecule has 2 aromatic carbocycles. The Hall–Kier alpha value is -1.87. The predicted molar refractivity (Wildman–Crippen MR) is 85.9 cm³/mol. The molecule has 2 aromatic rings. The van der Waals surface area contributed by atoms with Gasteiger partial charge in [-0.15, -0.1) is 0 Å². The highest BCUT2D eigenvalue weighted by Gasteiger charge is 2.21. The van der Waals surface area contributed by atoms with Crippen LogP contribution in [0.2, 0.25) is 5.02 Å². The summed E-state index contributed by atoms with van der Waals surface area (Å²) in [6.07, 6.45) is 3.30. The van der Waals surface area contributed by atoms with E-state index >= 15 is 0 Å². The van der Waals surface area contributed by atoms with Gasteiger partial charge in [0.05, 0.1) is 10.6 Å². The number of halogens is 2. The minimum absolute atomic E-state index is 0.140. The van der Waals surface area contributed by atoms with Crippen molar-refractivity contribution in [2.45, 2.75) is 25.2 Å². The molecule has 22 heavy (non-hydrogen) atoms. The molecule has 0 aromatic heterocycles. The quantitative estimate of drug-likeness (QED) is 0.897. The van der Waals surface area contributed by atoms with Gasteiger partial charge in [0, 0.05) is 12.5 Å². The van der Waals surface area contributed by atoms with Crippen molar-refractivity contribution in [3.05, 3.63) is 70.0 Å². The third-order valence-corrected chi connectivity index (χ3v) is 4.49. The van der Waals surface area contributed by atoms with Gasteiger partial charge in [-0.25, -0.2) is 4.39 Å². The Morgan fingerprint density at radius 2 is 2.09 bits per heavy atom. The third-order valence-electron chi connectivity index (χ3n) is 4.18. The van der Waals surface area contributed by atoms with Gasteiger partial charge in [0.1, 0.15) is 5.82 Å². The average Bonchev–Trinajstić information content (AvgIpc) is 2.52. The van der Waals surface area contributed by atoms with Gasteiger partial charge in [-0.05, 0) is 48.6 Å². The third kappa shape index (κ3) is 3.14. The van der Waals surface area contributed by atoms with Crippen molar-refractivity contribution < 1.29 is 9.18 Å². The molecule has 0 aliphatic heterocycles. The molecule has 0 heterocycles. The Kier molecular flexibility index (Phi) is 4.44. The van der Waals surface area contributed by atoms with Crippen molar-refractivity contribution in [3.8, 4) is 0 Å². The number of amides is 1. The lowest BCUT2D eigenvalue weighted by molar-refractivity contribution is 0.0950. The van der Waals surface area contributed by atoms with Crippen LogP contribution in [0.25, 0.3) is 0 Å². The van der Waals surface area contributed by atoms with E-state index in [1.165, 1.54) is 23.3 Å². The summed E-state index contributed by atoms with van der Waals surface area (Å²) in [5, 5.41) is 3.06. The van der Waals surface area contributed by atoms with Crippen molar-refractivity contribution in [1.82, 2.24) is 5.32 Å². The average molecular weight is 318 g/mol. The van der Waals surface area contributed by atoms with E-state index in [1.54, 1.807) is 0 Å². The maximum Gasteiger partial charge on any atom is 0.252 e. The zero-order valence-corrected chi connectivity index (χ0v) is 12.9. The van der Waals surface area contributed by atoms with Crippen LogP contribution in [-0.2, 0) is 6.42 Å². The lowest BCUT2D eigenvalue weighted by Crippen LogP contribution is -2.30. The SMILES string of the molecule is O=C(NCC1CCCc2ccccc21)c1ccc(F)cc1Cl. The second-order valence-electron chi connectivity index (χ2n) is 5.62. The first-order valence-corrected chi connectivity index (χ1v) is 7.84. The second kappa shape index (κ2) is 6.49. The van der Waals surface area contributed by atoms with Crippen LogP contribution >= 0.6 is 11.6 Å². The standard InChI is InChI=1S/C18H17ClFNO/c19-17-10-14(20)8-9-16(17)18(22)21-11-13-6-3-5-12-4-1-2-7-15(12)13/h1-2,4,7-10,13H,3,5-6,11H2,(H,21,22). The smallest absolute Gasteiger partial charge is 0.252 e. The fraction of sp³-hybridized carbons (Fsp3) is 0.278. The molecule has 0 saturated heterocycles. The van der Waals surface area contributed by atoms with E-state index < -0.39 is 5.82 Å². The number of hydrogen-bond donors (Lipinski definition) is 1. The van der Waals surface area contributed by atoms with Crippen LogP contribution in [0, 0.1) is 5.82 Å². The van der Waals surface area contributed by atoms with Crippen LogP contribution in [0.1, 0.15) is 40.2 Å². The highest BCUT2D eigenvalue weighted by molar-refractivity contribution is 6.33. The summed E-state index contributed by atoms with van der Waals surface area (Å²) in [4.78, 5) is 12.2. The van der Waals surface area contributed by atoms with Gasteiger partial charge >= 0.3 is 0 Å². The molecule has 1 N–H and O–H groups in total. The lowest BCUT2D eigenvalue weighted by atomic mass is 9.83. The molecule has 1 aliphatic rings. The highest BCUT2D eigenvalue weighted by Crippen LogP contribution is 2.31. The van der Waals surface area contributed by atoms with Gasteiger partial charge < -0.3 is 5.32 Å². The fourth-order valence-corrected chi connectivity index (χ4v) is 3.30. The van der Waals surface area contributed by atoms with Crippen molar-refractivity contribution >= 4 is 17.5 Å². The molecule has 2 nitrogen and oxygen atoms in total. The van der Waals surface area contributed by atoms with Crippen molar-refractivity contribution in [3.63, 3.8) is 0 Å². The van der Waals surface area contributed by atoms with Crippen molar-refractivity contribution in [2.75, 3.05) is 6.54 Å². The predicted octanol–water partition coefficient (Wildman–Crippen LogP) is 4.33. The molecule has 0 fully saturated rings. The summed E-state index contributed by atoms with van der Waals surface area (Å²) in [5.74, 6) is -0.371. The van der Waals surface area contributed by atoms with E-state index in [0.29, 0.717) is 18.0 Å². The number of aryl methyl sites for hydroxylation is 1. The van der Waals surface area contributed by atoms with Gasteiger partial charge in [0.2, 0.25) is 0 Å². The summed E-state index contributed by atoms with van der Waals surface area (Å²) in [7, 11) is 0. The maximum absolute atomic E-state index is 13.0. The molecule has 0 saturated carbocycles. The number of benzene rings is 2. The van der Waals surface area contributed by atoms with E-state index in [1.807, 2.05) is 6.07 Å². The molecule has 4 heteroatoms. The minimum Gasteiger partial charge on any atom is -0.351 e. The number of rotatable bonds is 3. The number of nitrogens with one attached hydrogen (secondary N) is 1. The minimum atomic E-state index is -0.442. The Morgan fingerprint density at radius 1 is 1.27 bits per heavy atom. The van der Waals surface area contributed by atoms with Gasteiger partial charge in [0.15, 0.2) is 0 Å². The van der Waals surface area contributed by atoms with E-state index in [9.17, 15) is 9.18 Å². The van der Waals surface area contributed by atoms with Crippen LogP contribution in [0.15, 0.2) is 42.5 Å². The van der Waals surface area contributed by atoms with Crippen molar-refractivity contribution in [2.24, 2.45) is 0 Å². The van der Waals surface area contributed by atoms with Crippen LogP contribution in [-0.4, -0.2) is 12.5 Å². The topological polar surface area (TPSA) is 29.1 Å². The largest absolute Gasteiger partial charge is 0.351 e. The molecular weight excluding hydrogens is 301 g/mol. The van der Waals surface area contributed by atoms with Gasteiger partial charge in [-0.2, -0.15) is 0 Å². The summed E-state index contributed by atoms with van der Waals surface area (Å²) in [6, 6.07) is 12.2. The van der Waals surface area contributed by atoms with Crippen LogP contribution in [0.5, 0.6) is 0 Å². The highest BCUT2D eigenvalue weighted by atomic mass is 35.5. The first-order chi connectivity index (χ1) is 10.6. The molecule has 0 bridgehead atoms. The molecule has 1 unspecified atom stereocenters. The molecule has 1 aliphatic carbocycles. The summed E-state index contributed by atoms with van der Waals surface area (Å²) in [6.45, 7) is 0.573. The molecule has 1 amide bonds. The molecule has 114 valence electrons. The summed E-state index contributed by atoms with van der Waals surface area (Å²) in [5.41, 5.74) is 3.00. The Bertz CT molecular complexity index is 701. The van der Waals surface area contributed by atoms with Crippen LogP contribution in [0.3, 0.4) is 0 Å². The summed E-state index contributed by atoms with van der Waals surface area (Å²) >= 11 is 5.93. The number of carbonyl (C=O) groups is 1. The summed E-state index contributed by atoms with van der Waals surface area (Å²) < 4.78 is 13.0. The first-order valence-electron chi connectivity index (χ1n) is 7.46. The fourth-order valence-electron chi connectivity index (χ4n) is 3.05. The van der Waals surface area contributed by atoms with Crippen LogP contribution in [0.4, 0.5) is 4.39 Å². The molecule has 0 spiro atoms. The van der Waals surface area contributed by atoms with E-state index in [0.717, 1.165) is 25.3 Å². The van der Waals surface area contributed by atoms with Crippen LogP contribution < -0.4 is 5.32 Å². The number of carbonyl (C=O) groups excluding carboxylic acids is 1. The molecule has 0 radical (unpaired) electrons. The van der Waals surface area contributed by atoms with E-state index in [-0.39, 0.29) is 10.9 Å². The van der Waals surface area contributed by atoms with Gasteiger partial charge in [0.25, 0.3) is 5.91 Å². The Morgan fingerprint density at radius 3 is 2.91 bits per heavy atom. The molecule has 1 atom stereocenters. The second-order valence-corrected chi connectivity index (χ2v) is 6.03. The Labute approximate surface area is 134 Å². The zero-order valence-electron chi connectivity index (χ0n) is 12.1. The lowest BCUT2D eigenvalue weighted by Gasteiger charge is -2.25. The van der Waals surface area contributed by atoms with Gasteiger partial charge in [-0.3, -0.25) is 4.79 Å². The van der Waals surface area contributed by atoms with Crippen molar-refractivity contribution in [1.29, 1.82) is 0 Å². The van der Waals surface area contributed by atoms with Gasteiger partial charge in [-0.1, -0.05) is 35.9 Å². The zero-order chi connectivity index (χ0) is 15.5. The maximum atomic E-state index is 13.0.